The number of hydrogen-bond acceptors (Lipinski definition) is 3. The fourth-order valence-corrected chi connectivity index (χ4v) is 3.39. The molecule has 0 saturated carbocycles. The Morgan fingerprint density at radius 2 is 1.61 bits per heavy atom. The Balaban J connectivity index is 1.99. The molecule has 0 radical (unpaired) electrons. The number of unbranched alkanes of at least 4 members (excludes halogenated alkanes) is 8. The van der Waals surface area contributed by atoms with Crippen LogP contribution in [0.25, 0.3) is 0 Å². The molecule has 0 aromatic carbocycles. The van der Waals surface area contributed by atoms with E-state index in [1.54, 1.807) is 0 Å². The van der Waals surface area contributed by atoms with E-state index < -0.39 is 0 Å². The SMILES string of the molecule is CCCCCCCCCCCC(=O)CN1CCCC(C(N)=O)C1. The molecule has 0 aromatic rings. The van der Waals surface area contributed by atoms with E-state index in [-0.39, 0.29) is 11.8 Å². The Morgan fingerprint density at radius 3 is 2.22 bits per heavy atom. The van der Waals surface area contributed by atoms with Gasteiger partial charge in [-0.1, -0.05) is 58.3 Å². The van der Waals surface area contributed by atoms with Crippen molar-refractivity contribution in [3.05, 3.63) is 0 Å². The average molecular weight is 325 g/mol. The molecule has 1 rings (SSSR count). The van der Waals surface area contributed by atoms with Crippen molar-refractivity contribution in [2.45, 2.75) is 84.0 Å². The standard InChI is InChI=1S/C19H36N2O2/c1-2-3-4-5-6-7-8-9-10-13-18(22)16-21-14-11-12-17(15-21)19(20)23/h17H,2-16H2,1H3,(H2,20,23). The molecule has 1 heterocycles. The number of nitrogens with zero attached hydrogens (tertiary/aromatic N) is 1. The maximum Gasteiger partial charge on any atom is 0.221 e. The van der Waals surface area contributed by atoms with E-state index in [2.05, 4.69) is 11.8 Å². The Bertz CT molecular complexity index is 344. The predicted octanol–water partition coefficient (Wildman–Crippen LogP) is 3.67. The van der Waals surface area contributed by atoms with Crippen LogP contribution in [0.1, 0.15) is 84.0 Å². The number of likely N-dealkylation sites (tertiary alicyclic amines) is 1. The smallest absolute Gasteiger partial charge is 0.221 e. The quantitative estimate of drug-likeness (QED) is 0.526. The van der Waals surface area contributed by atoms with E-state index in [4.69, 9.17) is 5.73 Å². The number of amides is 1. The summed E-state index contributed by atoms with van der Waals surface area (Å²) in [6.45, 7) is 4.34. The van der Waals surface area contributed by atoms with Gasteiger partial charge >= 0.3 is 0 Å². The second-order valence-corrected chi connectivity index (χ2v) is 7.09. The number of rotatable bonds is 13. The number of primary amides is 1. The molecule has 1 fully saturated rings. The molecule has 134 valence electrons. The largest absolute Gasteiger partial charge is 0.369 e. The first kappa shape index (κ1) is 20.1. The van der Waals surface area contributed by atoms with Crippen LogP contribution in [0.15, 0.2) is 0 Å². The predicted molar refractivity (Wildman–Crippen MR) is 95.2 cm³/mol. The fraction of sp³-hybridized carbons (Fsp3) is 0.895. The molecule has 0 aromatic heterocycles. The summed E-state index contributed by atoms with van der Waals surface area (Å²) in [5.74, 6) is 0.0309. The van der Waals surface area contributed by atoms with Crippen molar-refractivity contribution in [1.29, 1.82) is 0 Å². The van der Waals surface area contributed by atoms with Gasteiger partial charge in [0.1, 0.15) is 5.78 Å². The third-order valence-corrected chi connectivity index (χ3v) is 4.87. The average Bonchev–Trinajstić information content (AvgIpc) is 2.53. The highest BCUT2D eigenvalue weighted by Gasteiger charge is 2.24. The second kappa shape index (κ2) is 12.5. The van der Waals surface area contributed by atoms with Gasteiger partial charge in [-0.2, -0.15) is 0 Å². The van der Waals surface area contributed by atoms with E-state index >= 15 is 0 Å². The molecule has 4 nitrogen and oxygen atoms in total. The van der Waals surface area contributed by atoms with E-state index in [1.165, 1.54) is 51.4 Å². The highest BCUT2D eigenvalue weighted by Crippen LogP contribution is 2.16. The van der Waals surface area contributed by atoms with E-state index in [0.717, 1.165) is 25.8 Å². The Morgan fingerprint density at radius 1 is 1.00 bits per heavy atom. The zero-order valence-corrected chi connectivity index (χ0v) is 15.0. The summed E-state index contributed by atoms with van der Waals surface area (Å²) in [4.78, 5) is 25.4. The fourth-order valence-electron chi connectivity index (χ4n) is 3.39. The van der Waals surface area contributed by atoms with Gasteiger partial charge in [0.15, 0.2) is 0 Å². The van der Waals surface area contributed by atoms with Gasteiger partial charge in [0.25, 0.3) is 0 Å². The third kappa shape index (κ3) is 9.75. The van der Waals surface area contributed by atoms with Gasteiger partial charge in [-0.25, -0.2) is 0 Å². The lowest BCUT2D eigenvalue weighted by molar-refractivity contribution is -0.126. The van der Waals surface area contributed by atoms with Crippen LogP contribution in [0.2, 0.25) is 0 Å². The number of carbonyl (C=O) groups excluding carboxylic acids is 2. The molecule has 1 amide bonds. The monoisotopic (exact) mass is 324 g/mol. The molecule has 0 bridgehead atoms. The minimum Gasteiger partial charge on any atom is -0.369 e. The summed E-state index contributed by atoms with van der Waals surface area (Å²) in [6, 6.07) is 0. The number of Topliss-reactive ketones (excluding diaryl/α,β-unsaturated/α-hetero) is 1. The summed E-state index contributed by atoms with van der Waals surface area (Å²) < 4.78 is 0. The first-order valence-corrected chi connectivity index (χ1v) is 9.66. The summed E-state index contributed by atoms with van der Waals surface area (Å²) in [6.07, 6.45) is 14.0. The molecule has 2 N–H and O–H groups in total. The molecular weight excluding hydrogens is 288 g/mol. The topological polar surface area (TPSA) is 63.4 Å². The van der Waals surface area contributed by atoms with Crippen molar-refractivity contribution >= 4 is 11.7 Å². The zero-order chi connectivity index (χ0) is 16.9. The zero-order valence-electron chi connectivity index (χ0n) is 15.0. The van der Waals surface area contributed by atoms with Crippen LogP contribution in [0.5, 0.6) is 0 Å². The van der Waals surface area contributed by atoms with Gasteiger partial charge in [-0.3, -0.25) is 14.5 Å². The maximum absolute atomic E-state index is 12.0. The lowest BCUT2D eigenvalue weighted by Crippen LogP contribution is -2.43. The molecule has 4 heteroatoms. The van der Waals surface area contributed by atoms with Crippen LogP contribution in [0, 0.1) is 5.92 Å². The number of ketones is 1. The molecule has 0 aliphatic carbocycles. The Labute approximate surface area is 142 Å². The summed E-state index contributed by atoms with van der Waals surface area (Å²) in [5.41, 5.74) is 5.37. The summed E-state index contributed by atoms with van der Waals surface area (Å²) in [5, 5.41) is 0. The van der Waals surface area contributed by atoms with Gasteiger partial charge in [-0.05, 0) is 25.8 Å². The van der Waals surface area contributed by atoms with Crippen molar-refractivity contribution in [2.24, 2.45) is 11.7 Å². The molecule has 1 atom stereocenters. The molecular formula is C19H36N2O2. The summed E-state index contributed by atoms with van der Waals surface area (Å²) in [7, 11) is 0. The first-order chi connectivity index (χ1) is 11.1. The molecule has 1 unspecified atom stereocenters. The van der Waals surface area contributed by atoms with E-state index in [1.807, 2.05) is 0 Å². The van der Waals surface area contributed by atoms with Crippen molar-refractivity contribution in [1.82, 2.24) is 4.90 Å². The number of hydrogen-bond donors (Lipinski definition) is 1. The Hall–Kier alpha value is -0.900. The van der Waals surface area contributed by atoms with Crippen LogP contribution >= 0.6 is 0 Å². The maximum atomic E-state index is 12.0. The molecule has 1 aliphatic rings. The number of carbonyl (C=O) groups is 2. The highest BCUT2D eigenvalue weighted by molar-refractivity contribution is 5.80. The van der Waals surface area contributed by atoms with Crippen molar-refractivity contribution in [3.8, 4) is 0 Å². The molecule has 0 spiro atoms. The van der Waals surface area contributed by atoms with Crippen molar-refractivity contribution in [2.75, 3.05) is 19.6 Å². The minimum absolute atomic E-state index is 0.0655. The molecule has 1 aliphatic heterocycles. The van der Waals surface area contributed by atoms with Gasteiger partial charge in [0, 0.05) is 13.0 Å². The van der Waals surface area contributed by atoms with Crippen LogP contribution in [0.3, 0.4) is 0 Å². The van der Waals surface area contributed by atoms with Crippen LogP contribution in [0.4, 0.5) is 0 Å². The van der Waals surface area contributed by atoms with E-state index in [9.17, 15) is 9.59 Å². The lowest BCUT2D eigenvalue weighted by atomic mass is 9.97. The van der Waals surface area contributed by atoms with Crippen molar-refractivity contribution < 1.29 is 9.59 Å². The third-order valence-electron chi connectivity index (χ3n) is 4.87. The molecule has 1 saturated heterocycles. The van der Waals surface area contributed by atoms with Crippen LogP contribution < -0.4 is 5.73 Å². The van der Waals surface area contributed by atoms with Crippen LogP contribution in [-0.2, 0) is 9.59 Å². The van der Waals surface area contributed by atoms with Gasteiger partial charge in [0.2, 0.25) is 5.91 Å². The van der Waals surface area contributed by atoms with Gasteiger partial charge in [0.05, 0.1) is 12.5 Å². The van der Waals surface area contributed by atoms with Gasteiger partial charge < -0.3 is 5.73 Å². The minimum atomic E-state index is -0.221. The van der Waals surface area contributed by atoms with Crippen molar-refractivity contribution in [3.63, 3.8) is 0 Å². The summed E-state index contributed by atoms with van der Waals surface area (Å²) >= 11 is 0. The number of nitrogens with two attached hydrogens (primary N) is 1. The first-order valence-electron chi connectivity index (χ1n) is 9.66. The number of piperidine rings is 1. The lowest BCUT2D eigenvalue weighted by Gasteiger charge is -2.30. The highest BCUT2D eigenvalue weighted by atomic mass is 16.1. The Kier molecular flexibility index (Phi) is 11.0. The van der Waals surface area contributed by atoms with E-state index in [0.29, 0.717) is 25.3 Å². The normalized spacial score (nSPS) is 18.9. The molecule has 23 heavy (non-hydrogen) atoms. The van der Waals surface area contributed by atoms with Gasteiger partial charge in [-0.15, -0.1) is 0 Å². The second-order valence-electron chi connectivity index (χ2n) is 7.09. The van der Waals surface area contributed by atoms with Crippen LogP contribution in [-0.4, -0.2) is 36.2 Å².